The van der Waals surface area contributed by atoms with E-state index in [0.717, 1.165) is 37.1 Å². The minimum atomic E-state index is -0.390. The van der Waals surface area contributed by atoms with Crippen molar-refractivity contribution >= 4 is 5.91 Å². The van der Waals surface area contributed by atoms with Gasteiger partial charge < -0.3 is 20.1 Å². The molecule has 4 rings (SSSR count). The predicted octanol–water partition coefficient (Wildman–Crippen LogP) is 1.93. The van der Waals surface area contributed by atoms with Gasteiger partial charge in [-0.1, -0.05) is 18.2 Å². The first-order chi connectivity index (χ1) is 11.3. The van der Waals surface area contributed by atoms with Gasteiger partial charge in [-0.3, -0.25) is 4.79 Å². The van der Waals surface area contributed by atoms with Crippen LogP contribution in [0.5, 0.6) is 5.75 Å². The van der Waals surface area contributed by atoms with E-state index >= 15 is 0 Å². The largest absolute Gasteiger partial charge is 0.487 e. The second-order valence-electron chi connectivity index (χ2n) is 6.86. The fourth-order valence-corrected chi connectivity index (χ4v) is 4.07. The third kappa shape index (κ3) is 2.95. The van der Waals surface area contributed by atoms with Gasteiger partial charge in [0.1, 0.15) is 17.5 Å². The zero-order valence-corrected chi connectivity index (χ0v) is 13.3. The molecule has 1 aromatic rings. The van der Waals surface area contributed by atoms with Crippen molar-refractivity contribution < 1.29 is 14.3 Å². The van der Waals surface area contributed by atoms with Crippen LogP contribution in [0.25, 0.3) is 0 Å². The molecule has 2 N–H and O–H groups in total. The number of para-hydroxylation sites is 1. The van der Waals surface area contributed by atoms with Crippen LogP contribution in [0.15, 0.2) is 24.3 Å². The zero-order valence-electron chi connectivity index (χ0n) is 13.3. The monoisotopic (exact) mass is 316 g/mol. The summed E-state index contributed by atoms with van der Waals surface area (Å²) in [6.07, 6.45) is 5.04. The first-order valence-electron chi connectivity index (χ1n) is 8.66. The van der Waals surface area contributed by atoms with Crippen molar-refractivity contribution in [2.45, 2.75) is 49.9 Å². The third-order valence-corrected chi connectivity index (χ3v) is 5.25. The minimum absolute atomic E-state index is 0.0103. The average Bonchev–Trinajstić information content (AvgIpc) is 3.03. The first kappa shape index (κ1) is 15.0. The lowest BCUT2D eigenvalue weighted by Crippen LogP contribution is -2.50. The topological polar surface area (TPSA) is 59.6 Å². The second kappa shape index (κ2) is 6.13. The molecular formula is C18H24N2O3. The highest BCUT2D eigenvalue weighted by molar-refractivity contribution is 5.81. The van der Waals surface area contributed by atoms with Gasteiger partial charge in [-0.25, -0.2) is 0 Å². The standard InChI is InChI=1S/C18H24N2O3/c21-17(16-12-19-9-10-22-16)20-14-11-18(7-3-4-8-18)23-15-6-2-1-5-13(14)15/h1-2,5-6,14,16,19H,3-4,7-12H2,(H,20,21). The molecule has 1 spiro atoms. The number of amides is 1. The zero-order chi connectivity index (χ0) is 15.7. The molecular weight excluding hydrogens is 292 g/mol. The van der Waals surface area contributed by atoms with Gasteiger partial charge in [-0.15, -0.1) is 0 Å². The van der Waals surface area contributed by atoms with Crippen molar-refractivity contribution in [3.63, 3.8) is 0 Å². The second-order valence-corrected chi connectivity index (χ2v) is 6.86. The van der Waals surface area contributed by atoms with E-state index in [1.165, 1.54) is 12.8 Å². The summed E-state index contributed by atoms with van der Waals surface area (Å²) in [5.41, 5.74) is 0.986. The average molecular weight is 316 g/mol. The van der Waals surface area contributed by atoms with E-state index in [0.29, 0.717) is 13.2 Å². The maximum Gasteiger partial charge on any atom is 0.250 e. The highest BCUT2D eigenvalue weighted by Gasteiger charge is 2.43. The number of benzene rings is 1. The van der Waals surface area contributed by atoms with Crippen LogP contribution in [-0.4, -0.2) is 37.3 Å². The lowest BCUT2D eigenvalue weighted by molar-refractivity contribution is -0.135. The molecule has 1 saturated heterocycles. The highest BCUT2D eigenvalue weighted by Crippen LogP contribution is 2.46. The van der Waals surface area contributed by atoms with Crippen molar-refractivity contribution in [1.82, 2.24) is 10.6 Å². The number of hydrogen-bond acceptors (Lipinski definition) is 4. The van der Waals surface area contributed by atoms with Crippen molar-refractivity contribution in [1.29, 1.82) is 0 Å². The van der Waals surface area contributed by atoms with Crippen LogP contribution in [0, 0.1) is 0 Å². The molecule has 5 heteroatoms. The third-order valence-electron chi connectivity index (χ3n) is 5.25. The van der Waals surface area contributed by atoms with Gasteiger partial charge in [0.2, 0.25) is 0 Å². The molecule has 2 atom stereocenters. The molecule has 2 aliphatic heterocycles. The molecule has 1 amide bonds. The van der Waals surface area contributed by atoms with E-state index in [1.807, 2.05) is 18.2 Å². The summed E-state index contributed by atoms with van der Waals surface area (Å²) in [4.78, 5) is 12.6. The van der Waals surface area contributed by atoms with Crippen LogP contribution in [0.1, 0.15) is 43.7 Å². The molecule has 1 aromatic carbocycles. The van der Waals surface area contributed by atoms with E-state index in [1.54, 1.807) is 0 Å². The fraction of sp³-hybridized carbons (Fsp3) is 0.611. The van der Waals surface area contributed by atoms with Gasteiger partial charge in [0, 0.05) is 25.1 Å². The maximum absolute atomic E-state index is 12.6. The minimum Gasteiger partial charge on any atom is -0.487 e. The Bertz CT molecular complexity index is 577. The van der Waals surface area contributed by atoms with Crippen molar-refractivity contribution in [3.05, 3.63) is 29.8 Å². The number of carbonyl (C=O) groups is 1. The Morgan fingerprint density at radius 3 is 2.87 bits per heavy atom. The van der Waals surface area contributed by atoms with E-state index in [2.05, 4.69) is 16.7 Å². The molecule has 2 unspecified atom stereocenters. The summed E-state index contributed by atoms with van der Waals surface area (Å²) in [5, 5.41) is 6.42. The Labute approximate surface area is 136 Å². The Balaban J connectivity index is 1.55. The SMILES string of the molecule is O=C(NC1CC2(CCCC2)Oc2ccccc21)C1CNCCO1. The highest BCUT2D eigenvalue weighted by atomic mass is 16.5. The number of rotatable bonds is 2. The van der Waals surface area contributed by atoms with Crippen molar-refractivity contribution in [2.24, 2.45) is 0 Å². The lowest BCUT2D eigenvalue weighted by Gasteiger charge is -2.40. The number of ether oxygens (including phenoxy) is 2. The van der Waals surface area contributed by atoms with Crippen LogP contribution in [0.2, 0.25) is 0 Å². The smallest absolute Gasteiger partial charge is 0.250 e. The van der Waals surface area contributed by atoms with E-state index in [-0.39, 0.29) is 17.6 Å². The lowest BCUT2D eigenvalue weighted by atomic mass is 9.86. The molecule has 1 aliphatic carbocycles. The molecule has 0 bridgehead atoms. The van der Waals surface area contributed by atoms with Crippen LogP contribution < -0.4 is 15.4 Å². The van der Waals surface area contributed by atoms with Gasteiger partial charge >= 0.3 is 0 Å². The van der Waals surface area contributed by atoms with E-state index in [4.69, 9.17) is 9.47 Å². The predicted molar refractivity (Wildman–Crippen MR) is 86.4 cm³/mol. The molecule has 0 radical (unpaired) electrons. The Morgan fingerprint density at radius 2 is 2.09 bits per heavy atom. The van der Waals surface area contributed by atoms with Crippen molar-refractivity contribution in [3.8, 4) is 5.75 Å². The summed E-state index contributed by atoms with van der Waals surface area (Å²) in [6, 6.07) is 8.09. The van der Waals surface area contributed by atoms with Crippen LogP contribution in [0.3, 0.4) is 0 Å². The van der Waals surface area contributed by atoms with Gasteiger partial charge in [0.25, 0.3) is 5.91 Å². The van der Waals surface area contributed by atoms with Gasteiger partial charge in [-0.05, 0) is 31.7 Å². The van der Waals surface area contributed by atoms with Gasteiger partial charge in [0.05, 0.1) is 12.6 Å². The molecule has 124 valence electrons. The molecule has 3 aliphatic rings. The van der Waals surface area contributed by atoms with Gasteiger partial charge in [0.15, 0.2) is 0 Å². The molecule has 23 heavy (non-hydrogen) atoms. The van der Waals surface area contributed by atoms with Crippen LogP contribution >= 0.6 is 0 Å². The molecule has 1 saturated carbocycles. The molecule has 2 heterocycles. The van der Waals surface area contributed by atoms with Crippen LogP contribution in [0.4, 0.5) is 0 Å². The normalized spacial score (nSPS) is 28.9. The number of morpholine rings is 1. The van der Waals surface area contributed by atoms with Gasteiger partial charge in [-0.2, -0.15) is 0 Å². The number of hydrogen-bond donors (Lipinski definition) is 2. The summed E-state index contributed by atoms with van der Waals surface area (Å²) >= 11 is 0. The Morgan fingerprint density at radius 1 is 1.26 bits per heavy atom. The summed E-state index contributed by atoms with van der Waals surface area (Å²) in [6.45, 7) is 1.99. The number of fused-ring (bicyclic) bond motifs is 1. The van der Waals surface area contributed by atoms with E-state index in [9.17, 15) is 4.79 Å². The molecule has 0 aromatic heterocycles. The Kier molecular flexibility index (Phi) is 3.99. The summed E-state index contributed by atoms with van der Waals surface area (Å²) in [5.74, 6) is 0.903. The fourth-order valence-electron chi connectivity index (χ4n) is 4.07. The quantitative estimate of drug-likeness (QED) is 0.875. The van der Waals surface area contributed by atoms with Crippen molar-refractivity contribution in [2.75, 3.05) is 19.7 Å². The number of nitrogens with one attached hydrogen (secondary N) is 2. The summed E-state index contributed by atoms with van der Waals surface area (Å²) < 4.78 is 11.9. The molecule has 5 nitrogen and oxygen atoms in total. The summed E-state index contributed by atoms with van der Waals surface area (Å²) in [7, 11) is 0. The first-order valence-corrected chi connectivity index (χ1v) is 8.66. The van der Waals surface area contributed by atoms with Crippen LogP contribution in [-0.2, 0) is 9.53 Å². The maximum atomic E-state index is 12.6. The molecule has 2 fully saturated rings. The number of carbonyl (C=O) groups excluding carboxylic acids is 1. The van der Waals surface area contributed by atoms with E-state index < -0.39 is 6.10 Å². The Hall–Kier alpha value is -1.59.